The molecule has 2 N–H and O–H groups in total. The van der Waals surface area contributed by atoms with Gasteiger partial charge in [-0.1, -0.05) is 0 Å². The Kier molecular flexibility index (Phi) is 6.42. The van der Waals surface area contributed by atoms with Gasteiger partial charge in [0.1, 0.15) is 11.6 Å². The van der Waals surface area contributed by atoms with Crippen molar-refractivity contribution >= 4 is 22.1 Å². The molecule has 9 heteroatoms. The molecule has 0 aromatic carbocycles. The summed E-state index contributed by atoms with van der Waals surface area (Å²) in [6.45, 7) is 4.91. The fourth-order valence-electron chi connectivity index (χ4n) is 1.16. The number of nitrogens with one attached hydrogen (secondary N) is 1. The van der Waals surface area contributed by atoms with E-state index in [9.17, 15) is 18.0 Å². The van der Waals surface area contributed by atoms with Gasteiger partial charge in [0.2, 0.25) is 10.0 Å². The molecule has 0 heterocycles. The summed E-state index contributed by atoms with van der Waals surface area (Å²) in [5, 5.41) is 11.1. The Morgan fingerprint density at radius 3 is 2.15 bits per heavy atom. The number of ether oxygens (including phenoxy) is 1. The first kappa shape index (κ1) is 18.7. The molecule has 0 bridgehead atoms. The molecule has 0 rings (SSSR count). The molecule has 20 heavy (non-hydrogen) atoms. The molecular weight excluding hydrogens is 288 g/mol. The largest absolute Gasteiger partial charge is 0.480 e. The van der Waals surface area contributed by atoms with Crippen molar-refractivity contribution in [2.45, 2.75) is 38.8 Å². The zero-order valence-electron chi connectivity index (χ0n) is 12.3. The fraction of sp³-hybridized carbons (Fsp3) is 0.818. The number of carbonyl (C=O) groups excluding carboxylic acids is 1. The van der Waals surface area contributed by atoms with E-state index in [0.717, 1.165) is 4.31 Å². The van der Waals surface area contributed by atoms with Gasteiger partial charge in [0.15, 0.2) is 0 Å². The highest BCUT2D eigenvalue weighted by molar-refractivity contribution is 7.89. The first-order valence-corrected chi connectivity index (χ1v) is 7.58. The minimum atomic E-state index is -3.52. The van der Waals surface area contributed by atoms with Crippen LogP contribution in [0.3, 0.4) is 0 Å². The summed E-state index contributed by atoms with van der Waals surface area (Å²) in [5.74, 6) is -1.70. The summed E-state index contributed by atoms with van der Waals surface area (Å²) in [7, 11) is -0.813. The third-order valence-electron chi connectivity index (χ3n) is 2.21. The van der Waals surface area contributed by atoms with E-state index in [0.29, 0.717) is 0 Å². The second-order valence-electron chi connectivity index (χ2n) is 5.42. The molecule has 0 aromatic rings. The summed E-state index contributed by atoms with van der Waals surface area (Å²) >= 11 is 0. The monoisotopic (exact) mass is 310 g/mol. The van der Waals surface area contributed by atoms with Crippen molar-refractivity contribution in [3.05, 3.63) is 0 Å². The van der Waals surface area contributed by atoms with E-state index in [2.05, 4.69) is 5.32 Å². The third kappa shape index (κ3) is 7.29. The van der Waals surface area contributed by atoms with Crippen LogP contribution >= 0.6 is 0 Å². The van der Waals surface area contributed by atoms with Crippen LogP contribution in [0.1, 0.15) is 27.2 Å². The number of carboxylic acid groups (broad SMARTS) is 1. The van der Waals surface area contributed by atoms with Crippen LogP contribution in [-0.2, 0) is 19.6 Å². The van der Waals surface area contributed by atoms with Crippen LogP contribution in [0.2, 0.25) is 0 Å². The van der Waals surface area contributed by atoms with E-state index in [-0.39, 0.29) is 12.2 Å². The molecule has 0 aliphatic carbocycles. The summed E-state index contributed by atoms with van der Waals surface area (Å²) in [5.41, 5.74) is -0.761. The first-order valence-electron chi connectivity index (χ1n) is 5.97. The van der Waals surface area contributed by atoms with Crippen molar-refractivity contribution in [1.82, 2.24) is 9.62 Å². The maximum atomic E-state index is 11.6. The minimum Gasteiger partial charge on any atom is -0.480 e. The first-order chi connectivity index (χ1) is 8.85. The van der Waals surface area contributed by atoms with Crippen molar-refractivity contribution in [3.8, 4) is 0 Å². The van der Waals surface area contributed by atoms with Crippen LogP contribution in [0.4, 0.5) is 4.79 Å². The number of alkyl carbamates (subject to hydrolysis) is 1. The molecule has 0 fully saturated rings. The standard InChI is InChI=1S/C11H22N2O6S/c1-11(2,3)19-10(16)12-8(9(14)15)6-7-20(17,18)13(4)5/h8H,6-7H2,1-5H3,(H,12,16)(H,14,15). The predicted octanol–water partition coefficient (Wildman–Crippen LogP) is 0.246. The Bertz CT molecular complexity index is 452. The molecule has 1 unspecified atom stereocenters. The topological polar surface area (TPSA) is 113 Å². The zero-order chi connectivity index (χ0) is 16.1. The molecule has 0 saturated carbocycles. The average molecular weight is 310 g/mol. The van der Waals surface area contributed by atoms with Gasteiger partial charge in [0.25, 0.3) is 0 Å². The second-order valence-corrected chi connectivity index (χ2v) is 7.73. The van der Waals surface area contributed by atoms with Gasteiger partial charge in [-0.15, -0.1) is 0 Å². The minimum absolute atomic E-state index is 0.241. The van der Waals surface area contributed by atoms with Gasteiger partial charge in [-0.25, -0.2) is 22.3 Å². The Labute approximate surface area is 119 Å². The maximum Gasteiger partial charge on any atom is 0.408 e. The van der Waals surface area contributed by atoms with Gasteiger partial charge in [-0.2, -0.15) is 0 Å². The lowest BCUT2D eigenvalue weighted by Crippen LogP contribution is -2.44. The number of sulfonamides is 1. The number of aliphatic carboxylic acids is 1. The smallest absolute Gasteiger partial charge is 0.408 e. The summed E-state index contributed by atoms with van der Waals surface area (Å²) in [6.07, 6.45) is -1.14. The van der Waals surface area contributed by atoms with Gasteiger partial charge in [-0.3, -0.25) is 0 Å². The fourth-order valence-corrected chi connectivity index (χ4v) is 2.06. The van der Waals surface area contributed by atoms with Crippen molar-refractivity contribution in [3.63, 3.8) is 0 Å². The van der Waals surface area contributed by atoms with Gasteiger partial charge < -0.3 is 15.2 Å². The van der Waals surface area contributed by atoms with Crippen molar-refractivity contribution in [2.24, 2.45) is 0 Å². The molecule has 0 aromatic heterocycles. The quantitative estimate of drug-likeness (QED) is 0.727. The highest BCUT2D eigenvalue weighted by Gasteiger charge is 2.26. The summed E-state index contributed by atoms with van der Waals surface area (Å²) < 4.78 is 29.0. The number of nitrogens with zero attached hydrogens (tertiary/aromatic N) is 1. The number of carboxylic acids is 1. The highest BCUT2D eigenvalue weighted by Crippen LogP contribution is 2.08. The van der Waals surface area contributed by atoms with E-state index in [1.54, 1.807) is 20.8 Å². The van der Waals surface area contributed by atoms with Gasteiger partial charge in [0, 0.05) is 14.1 Å². The molecule has 0 spiro atoms. The Morgan fingerprint density at radius 1 is 1.30 bits per heavy atom. The SMILES string of the molecule is CN(C)S(=O)(=O)CCC(NC(=O)OC(C)(C)C)C(=O)O. The van der Waals surface area contributed by atoms with E-state index in [1.807, 2.05) is 0 Å². The average Bonchev–Trinajstić information content (AvgIpc) is 2.20. The summed E-state index contributed by atoms with van der Waals surface area (Å²) in [6, 6.07) is -1.32. The van der Waals surface area contributed by atoms with E-state index in [1.165, 1.54) is 14.1 Å². The molecular formula is C11H22N2O6S. The molecule has 0 aliphatic rings. The number of amides is 1. The number of hydrogen-bond acceptors (Lipinski definition) is 5. The van der Waals surface area contributed by atoms with E-state index in [4.69, 9.17) is 9.84 Å². The highest BCUT2D eigenvalue weighted by atomic mass is 32.2. The van der Waals surface area contributed by atoms with Gasteiger partial charge in [-0.05, 0) is 27.2 Å². The van der Waals surface area contributed by atoms with Crippen molar-refractivity contribution < 1.29 is 27.9 Å². The maximum absolute atomic E-state index is 11.6. The van der Waals surface area contributed by atoms with Crippen LogP contribution in [0.15, 0.2) is 0 Å². The van der Waals surface area contributed by atoms with Crippen LogP contribution in [0, 0.1) is 0 Å². The molecule has 0 saturated heterocycles. The second kappa shape index (κ2) is 6.89. The lowest BCUT2D eigenvalue weighted by Gasteiger charge is -2.22. The Hall–Kier alpha value is -1.35. The van der Waals surface area contributed by atoms with E-state index >= 15 is 0 Å². The number of carbonyl (C=O) groups is 2. The summed E-state index contributed by atoms with van der Waals surface area (Å²) in [4.78, 5) is 22.5. The van der Waals surface area contributed by atoms with Gasteiger partial charge in [0.05, 0.1) is 5.75 Å². The van der Waals surface area contributed by atoms with Crippen LogP contribution in [0.5, 0.6) is 0 Å². The molecule has 1 atom stereocenters. The Morgan fingerprint density at radius 2 is 1.80 bits per heavy atom. The predicted molar refractivity (Wildman–Crippen MR) is 72.9 cm³/mol. The lowest BCUT2D eigenvalue weighted by molar-refractivity contribution is -0.139. The van der Waals surface area contributed by atoms with Crippen LogP contribution < -0.4 is 5.32 Å². The van der Waals surface area contributed by atoms with Gasteiger partial charge >= 0.3 is 12.1 Å². The third-order valence-corrected chi connectivity index (χ3v) is 4.07. The van der Waals surface area contributed by atoms with E-state index < -0.39 is 33.7 Å². The van der Waals surface area contributed by atoms with Crippen LogP contribution in [-0.4, -0.2) is 61.4 Å². The van der Waals surface area contributed by atoms with Crippen LogP contribution in [0.25, 0.3) is 0 Å². The molecule has 118 valence electrons. The van der Waals surface area contributed by atoms with Crippen molar-refractivity contribution in [1.29, 1.82) is 0 Å². The molecule has 1 amide bonds. The zero-order valence-corrected chi connectivity index (χ0v) is 13.2. The Balaban J connectivity index is 4.62. The van der Waals surface area contributed by atoms with Crippen molar-refractivity contribution in [2.75, 3.05) is 19.8 Å². The normalized spacial score (nSPS) is 13.9. The number of rotatable bonds is 6. The lowest BCUT2D eigenvalue weighted by atomic mass is 10.2. The molecule has 0 aliphatic heterocycles. The molecule has 0 radical (unpaired) electrons. The number of hydrogen-bond donors (Lipinski definition) is 2. The molecule has 8 nitrogen and oxygen atoms in total.